The van der Waals surface area contributed by atoms with Gasteiger partial charge in [0, 0.05) is 6.61 Å². The number of nitriles is 1. The van der Waals surface area contributed by atoms with Gasteiger partial charge in [0.05, 0.1) is 16.6 Å². The summed E-state index contributed by atoms with van der Waals surface area (Å²) < 4.78 is 24.4. The summed E-state index contributed by atoms with van der Waals surface area (Å²) in [5, 5.41) is 8.72. The van der Waals surface area contributed by atoms with Gasteiger partial charge in [-0.1, -0.05) is 13.3 Å². The van der Waals surface area contributed by atoms with E-state index in [-0.39, 0.29) is 15.8 Å². The molecule has 0 aliphatic rings. The van der Waals surface area contributed by atoms with E-state index in [1.54, 1.807) is 0 Å². The quantitative estimate of drug-likeness (QED) is 0.721. The first-order valence-corrected chi connectivity index (χ1v) is 6.58. The summed E-state index contributed by atoms with van der Waals surface area (Å²) >= 11 is 3.03. The minimum absolute atomic E-state index is 0.125. The first-order valence-electron chi connectivity index (χ1n) is 5.79. The Hall–Kier alpha value is -1.12. The van der Waals surface area contributed by atoms with Crippen LogP contribution in [-0.4, -0.2) is 19.8 Å². The molecule has 0 aliphatic heterocycles. The first kappa shape index (κ1) is 14.9. The minimum atomic E-state index is -0.553. The van der Waals surface area contributed by atoms with Gasteiger partial charge in [-0.15, -0.1) is 0 Å². The molecule has 0 saturated carbocycles. The molecule has 0 bridgehead atoms. The fraction of sp³-hybridized carbons (Fsp3) is 0.462. The van der Waals surface area contributed by atoms with Crippen molar-refractivity contribution in [2.24, 2.45) is 0 Å². The van der Waals surface area contributed by atoms with Crippen molar-refractivity contribution in [1.29, 1.82) is 5.26 Å². The van der Waals surface area contributed by atoms with Crippen molar-refractivity contribution in [3.05, 3.63) is 28.0 Å². The van der Waals surface area contributed by atoms with Crippen molar-refractivity contribution in [3.63, 3.8) is 0 Å². The molecule has 0 amide bonds. The lowest BCUT2D eigenvalue weighted by Crippen LogP contribution is -2.08. The predicted octanol–water partition coefficient (Wildman–Crippen LogP) is 3.66. The van der Waals surface area contributed by atoms with Crippen LogP contribution in [0.1, 0.15) is 25.3 Å². The molecule has 0 spiro atoms. The second kappa shape index (κ2) is 8.06. The van der Waals surface area contributed by atoms with E-state index in [1.807, 2.05) is 6.07 Å². The normalized spacial score (nSPS) is 10.1. The maximum atomic E-state index is 13.7. The zero-order valence-corrected chi connectivity index (χ0v) is 11.8. The van der Waals surface area contributed by atoms with Gasteiger partial charge in [0.1, 0.15) is 12.7 Å². The molecule has 18 heavy (non-hydrogen) atoms. The molecular formula is C13H15BrFNO2. The Morgan fingerprint density at radius 2 is 2.11 bits per heavy atom. The van der Waals surface area contributed by atoms with Crippen molar-refractivity contribution in [3.8, 4) is 11.8 Å². The number of hydrogen-bond donors (Lipinski definition) is 0. The Balaban J connectivity index is 2.44. The maximum Gasteiger partial charge on any atom is 0.180 e. The molecule has 3 nitrogen and oxygen atoms in total. The Kier molecular flexibility index (Phi) is 6.69. The van der Waals surface area contributed by atoms with E-state index in [1.165, 1.54) is 12.1 Å². The van der Waals surface area contributed by atoms with Gasteiger partial charge in [-0.25, -0.2) is 4.39 Å². The second-order valence-electron chi connectivity index (χ2n) is 3.67. The van der Waals surface area contributed by atoms with Gasteiger partial charge in [0.25, 0.3) is 0 Å². The fourth-order valence-corrected chi connectivity index (χ4v) is 1.70. The zero-order valence-electron chi connectivity index (χ0n) is 10.2. The van der Waals surface area contributed by atoms with Crippen LogP contribution < -0.4 is 4.74 Å². The molecule has 1 rings (SSSR count). The van der Waals surface area contributed by atoms with E-state index >= 15 is 0 Å². The van der Waals surface area contributed by atoms with Crippen LogP contribution in [0, 0.1) is 17.1 Å². The van der Waals surface area contributed by atoms with Crippen LogP contribution in [0.4, 0.5) is 4.39 Å². The average Bonchev–Trinajstić information content (AvgIpc) is 2.38. The van der Waals surface area contributed by atoms with E-state index in [0.29, 0.717) is 19.8 Å². The predicted molar refractivity (Wildman–Crippen MR) is 70.0 cm³/mol. The zero-order chi connectivity index (χ0) is 13.4. The summed E-state index contributed by atoms with van der Waals surface area (Å²) in [6, 6.07) is 4.85. The van der Waals surface area contributed by atoms with Crippen molar-refractivity contribution >= 4 is 15.9 Å². The van der Waals surface area contributed by atoms with E-state index in [9.17, 15) is 4.39 Å². The Labute approximate surface area is 115 Å². The van der Waals surface area contributed by atoms with E-state index in [0.717, 1.165) is 12.8 Å². The standard InChI is InChI=1S/C13H15BrFNO2/c1-2-3-6-17-7-8-18-11-5-4-10(9-16)12(14)13(11)15/h4-5H,2-3,6-8H2,1H3. The number of unbranched alkanes of at least 4 members (excludes halogenated alkanes) is 1. The molecule has 0 N–H and O–H groups in total. The molecule has 98 valence electrons. The topological polar surface area (TPSA) is 42.2 Å². The monoisotopic (exact) mass is 315 g/mol. The molecule has 0 heterocycles. The fourth-order valence-electron chi connectivity index (χ4n) is 1.29. The minimum Gasteiger partial charge on any atom is -0.488 e. The highest BCUT2D eigenvalue weighted by atomic mass is 79.9. The van der Waals surface area contributed by atoms with Gasteiger partial charge >= 0.3 is 0 Å². The lowest BCUT2D eigenvalue weighted by Gasteiger charge is -2.09. The van der Waals surface area contributed by atoms with Crippen LogP contribution in [0.2, 0.25) is 0 Å². The van der Waals surface area contributed by atoms with Crippen molar-refractivity contribution < 1.29 is 13.9 Å². The summed E-state index contributed by atoms with van der Waals surface area (Å²) in [4.78, 5) is 0. The van der Waals surface area contributed by atoms with Gasteiger partial charge in [-0.05, 0) is 34.5 Å². The highest BCUT2D eigenvalue weighted by Crippen LogP contribution is 2.28. The smallest absolute Gasteiger partial charge is 0.180 e. The van der Waals surface area contributed by atoms with Crippen LogP contribution in [0.3, 0.4) is 0 Å². The molecule has 0 radical (unpaired) electrons. The van der Waals surface area contributed by atoms with E-state index in [4.69, 9.17) is 14.7 Å². The Bertz CT molecular complexity index is 432. The summed E-state index contributed by atoms with van der Waals surface area (Å²) in [6.07, 6.45) is 2.09. The van der Waals surface area contributed by atoms with Crippen LogP contribution in [0.5, 0.6) is 5.75 Å². The Morgan fingerprint density at radius 3 is 2.78 bits per heavy atom. The van der Waals surface area contributed by atoms with Crippen LogP contribution in [0.25, 0.3) is 0 Å². The number of nitrogens with zero attached hydrogens (tertiary/aromatic N) is 1. The van der Waals surface area contributed by atoms with Crippen LogP contribution >= 0.6 is 15.9 Å². The average molecular weight is 316 g/mol. The summed E-state index contributed by atoms with van der Waals surface area (Å²) in [5.74, 6) is -0.428. The highest BCUT2D eigenvalue weighted by Gasteiger charge is 2.11. The van der Waals surface area contributed by atoms with Gasteiger partial charge in [-0.2, -0.15) is 5.26 Å². The first-order chi connectivity index (χ1) is 8.70. The van der Waals surface area contributed by atoms with Crippen molar-refractivity contribution in [2.45, 2.75) is 19.8 Å². The molecule has 1 aromatic rings. The second-order valence-corrected chi connectivity index (χ2v) is 4.46. The molecule has 0 fully saturated rings. The van der Waals surface area contributed by atoms with Crippen LogP contribution in [0.15, 0.2) is 16.6 Å². The van der Waals surface area contributed by atoms with Crippen molar-refractivity contribution in [2.75, 3.05) is 19.8 Å². The molecule has 0 unspecified atom stereocenters. The maximum absolute atomic E-state index is 13.7. The van der Waals surface area contributed by atoms with Gasteiger partial charge in [0.2, 0.25) is 0 Å². The third kappa shape index (κ3) is 4.28. The molecule has 0 atom stereocenters. The van der Waals surface area contributed by atoms with Gasteiger partial charge in [-0.3, -0.25) is 0 Å². The lowest BCUT2D eigenvalue weighted by atomic mass is 10.2. The van der Waals surface area contributed by atoms with Gasteiger partial charge < -0.3 is 9.47 Å². The molecule has 0 aromatic heterocycles. The molecule has 0 saturated heterocycles. The molecular weight excluding hydrogens is 301 g/mol. The third-order valence-electron chi connectivity index (χ3n) is 2.29. The highest BCUT2D eigenvalue weighted by molar-refractivity contribution is 9.10. The largest absolute Gasteiger partial charge is 0.488 e. The van der Waals surface area contributed by atoms with Gasteiger partial charge in [0.15, 0.2) is 11.6 Å². The van der Waals surface area contributed by atoms with E-state index < -0.39 is 5.82 Å². The summed E-state index contributed by atoms with van der Waals surface area (Å²) in [7, 11) is 0. The molecule has 5 heteroatoms. The number of rotatable bonds is 7. The number of benzene rings is 1. The SMILES string of the molecule is CCCCOCCOc1ccc(C#N)c(Br)c1F. The van der Waals surface area contributed by atoms with Crippen LogP contribution in [-0.2, 0) is 4.74 Å². The van der Waals surface area contributed by atoms with E-state index in [2.05, 4.69) is 22.9 Å². The molecule has 1 aromatic carbocycles. The lowest BCUT2D eigenvalue weighted by molar-refractivity contribution is 0.0966. The van der Waals surface area contributed by atoms with Crippen molar-refractivity contribution in [1.82, 2.24) is 0 Å². The third-order valence-corrected chi connectivity index (χ3v) is 3.07. The summed E-state index contributed by atoms with van der Waals surface area (Å²) in [6.45, 7) is 3.50. The number of halogens is 2. The summed E-state index contributed by atoms with van der Waals surface area (Å²) in [5.41, 5.74) is 0.249. The Morgan fingerprint density at radius 1 is 1.33 bits per heavy atom. The number of hydrogen-bond acceptors (Lipinski definition) is 3. The number of ether oxygens (including phenoxy) is 2. The molecule has 0 aliphatic carbocycles.